The second kappa shape index (κ2) is 4.53. The average Bonchev–Trinajstić information content (AvgIpc) is 2.29. The van der Waals surface area contributed by atoms with Gasteiger partial charge in [-0.3, -0.25) is 0 Å². The Morgan fingerprint density at radius 1 is 1.56 bits per heavy atom. The van der Waals surface area contributed by atoms with Crippen LogP contribution in [0.3, 0.4) is 0 Å². The van der Waals surface area contributed by atoms with Crippen LogP contribution in [-0.4, -0.2) is 32.8 Å². The number of esters is 1. The molecule has 1 aromatic carbocycles. The normalized spacial score (nSPS) is 18.9. The Bertz CT molecular complexity index is 403. The van der Waals surface area contributed by atoms with Crippen LogP contribution in [-0.2, 0) is 11.2 Å². The molecule has 0 amide bonds. The van der Waals surface area contributed by atoms with Gasteiger partial charge < -0.3 is 14.8 Å². The highest BCUT2D eigenvalue weighted by molar-refractivity contribution is 5.93. The van der Waals surface area contributed by atoms with Crippen molar-refractivity contribution in [3.05, 3.63) is 29.3 Å². The van der Waals surface area contributed by atoms with Gasteiger partial charge in [0.25, 0.3) is 0 Å². The van der Waals surface area contributed by atoms with Crippen LogP contribution in [0, 0.1) is 0 Å². The minimum absolute atomic E-state index is 0.110. The fourth-order valence-corrected chi connectivity index (χ4v) is 1.98. The number of benzene rings is 1. The molecule has 1 aromatic rings. The maximum absolute atomic E-state index is 11.7. The molecule has 1 N–H and O–H groups in total. The van der Waals surface area contributed by atoms with E-state index in [-0.39, 0.29) is 12.1 Å². The van der Waals surface area contributed by atoms with Crippen molar-refractivity contribution in [1.29, 1.82) is 0 Å². The predicted molar refractivity (Wildman–Crippen MR) is 59.8 cm³/mol. The number of methoxy groups -OCH3 is 1. The summed E-state index contributed by atoms with van der Waals surface area (Å²) in [5.74, 6) is 0.496. The molecule has 4 heteroatoms. The van der Waals surface area contributed by atoms with Crippen LogP contribution in [0.25, 0.3) is 0 Å². The maximum atomic E-state index is 11.7. The molecule has 1 aliphatic rings. The van der Waals surface area contributed by atoms with Crippen LogP contribution in [0.5, 0.6) is 5.75 Å². The van der Waals surface area contributed by atoms with E-state index in [1.54, 1.807) is 19.2 Å². The zero-order valence-electron chi connectivity index (χ0n) is 9.45. The molecule has 0 bridgehead atoms. The third kappa shape index (κ3) is 1.88. The first-order chi connectivity index (χ1) is 7.76. The average molecular weight is 221 g/mol. The van der Waals surface area contributed by atoms with Crippen LogP contribution in [0.15, 0.2) is 18.2 Å². The monoisotopic (exact) mass is 221 g/mol. The second-order valence-corrected chi connectivity index (χ2v) is 3.78. The molecule has 1 atom stereocenters. The van der Waals surface area contributed by atoms with Crippen molar-refractivity contribution in [3.8, 4) is 5.75 Å². The summed E-state index contributed by atoms with van der Waals surface area (Å²) in [6, 6.07) is 5.45. The van der Waals surface area contributed by atoms with E-state index >= 15 is 0 Å². The number of ether oxygens (including phenoxy) is 2. The topological polar surface area (TPSA) is 47.6 Å². The van der Waals surface area contributed by atoms with Crippen LogP contribution in [0.2, 0.25) is 0 Å². The molecule has 0 aromatic heterocycles. The van der Waals surface area contributed by atoms with Gasteiger partial charge in [-0.2, -0.15) is 0 Å². The Morgan fingerprint density at radius 3 is 3.06 bits per heavy atom. The highest BCUT2D eigenvalue weighted by Gasteiger charge is 2.27. The van der Waals surface area contributed by atoms with Gasteiger partial charge in [0.05, 0.1) is 12.7 Å². The third-order valence-corrected chi connectivity index (χ3v) is 2.71. The first-order valence-electron chi connectivity index (χ1n) is 5.27. The first kappa shape index (κ1) is 11.0. The molecule has 0 aliphatic carbocycles. The summed E-state index contributed by atoms with van der Waals surface area (Å²) in [4.78, 5) is 11.7. The fraction of sp³-hybridized carbons (Fsp3) is 0.417. The lowest BCUT2D eigenvalue weighted by Crippen LogP contribution is -2.35. The van der Waals surface area contributed by atoms with Gasteiger partial charge >= 0.3 is 5.97 Å². The second-order valence-electron chi connectivity index (χ2n) is 3.78. The molecule has 0 fully saturated rings. The van der Waals surface area contributed by atoms with Crippen LogP contribution in [0.4, 0.5) is 0 Å². The number of likely N-dealkylation sites (N-methyl/N-ethyl adjacent to an activating group) is 1. The lowest BCUT2D eigenvalue weighted by Gasteiger charge is -2.25. The Hall–Kier alpha value is -1.55. The SMILES string of the molecule is CNCC1Cc2c(OC)cccc2C(=O)O1. The molecule has 0 saturated heterocycles. The summed E-state index contributed by atoms with van der Waals surface area (Å²) >= 11 is 0. The third-order valence-electron chi connectivity index (χ3n) is 2.71. The molecule has 1 unspecified atom stereocenters. The molecule has 0 spiro atoms. The van der Waals surface area contributed by atoms with E-state index in [2.05, 4.69) is 5.32 Å². The number of carbonyl (C=O) groups excluding carboxylic acids is 1. The summed E-state index contributed by atoms with van der Waals surface area (Å²) in [5.41, 5.74) is 1.56. The number of nitrogens with one attached hydrogen (secondary N) is 1. The quantitative estimate of drug-likeness (QED) is 0.773. The van der Waals surface area contributed by atoms with Gasteiger partial charge in [-0.1, -0.05) is 6.07 Å². The molecule has 0 radical (unpaired) electrons. The van der Waals surface area contributed by atoms with Gasteiger partial charge in [-0.15, -0.1) is 0 Å². The molecule has 16 heavy (non-hydrogen) atoms. The largest absolute Gasteiger partial charge is 0.496 e. The highest BCUT2D eigenvalue weighted by Crippen LogP contribution is 2.28. The van der Waals surface area contributed by atoms with Crippen molar-refractivity contribution in [2.24, 2.45) is 0 Å². The van der Waals surface area contributed by atoms with E-state index in [1.807, 2.05) is 13.1 Å². The van der Waals surface area contributed by atoms with Gasteiger partial charge in [0.1, 0.15) is 11.9 Å². The number of fused-ring (bicyclic) bond motifs is 1. The van der Waals surface area contributed by atoms with Crippen LogP contribution in [0.1, 0.15) is 15.9 Å². The summed E-state index contributed by atoms with van der Waals surface area (Å²) in [5, 5.41) is 3.01. The van der Waals surface area contributed by atoms with E-state index in [4.69, 9.17) is 9.47 Å². The number of carbonyl (C=O) groups is 1. The molecule has 2 rings (SSSR count). The minimum Gasteiger partial charge on any atom is -0.496 e. The Balaban J connectivity index is 2.35. The van der Waals surface area contributed by atoms with E-state index in [0.29, 0.717) is 18.5 Å². The van der Waals surface area contributed by atoms with Crippen molar-refractivity contribution in [2.75, 3.05) is 20.7 Å². The maximum Gasteiger partial charge on any atom is 0.338 e. The molecule has 1 heterocycles. The number of cyclic esters (lactones) is 1. The Labute approximate surface area is 94.6 Å². The summed E-state index contributed by atoms with van der Waals surface area (Å²) in [6.07, 6.45) is 0.590. The van der Waals surface area contributed by atoms with Crippen molar-refractivity contribution < 1.29 is 14.3 Å². The van der Waals surface area contributed by atoms with Gasteiger partial charge in [-0.25, -0.2) is 4.79 Å². The lowest BCUT2D eigenvalue weighted by molar-refractivity contribution is 0.0261. The summed E-state index contributed by atoms with van der Waals surface area (Å²) in [7, 11) is 3.45. The predicted octanol–water partition coefficient (Wildman–Crippen LogP) is 0.996. The van der Waals surface area contributed by atoms with E-state index < -0.39 is 0 Å². The minimum atomic E-state index is -0.264. The summed E-state index contributed by atoms with van der Waals surface area (Å²) in [6.45, 7) is 0.656. The van der Waals surface area contributed by atoms with E-state index in [1.165, 1.54) is 0 Å². The molecule has 1 aliphatic heterocycles. The molecular formula is C12H15NO3. The summed E-state index contributed by atoms with van der Waals surface area (Å²) < 4.78 is 10.6. The molecular weight excluding hydrogens is 206 g/mol. The zero-order chi connectivity index (χ0) is 11.5. The van der Waals surface area contributed by atoms with Crippen molar-refractivity contribution >= 4 is 5.97 Å². The van der Waals surface area contributed by atoms with Crippen molar-refractivity contribution in [2.45, 2.75) is 12.5 Å². The zero-order valence-corrected chi connectivity index (χ0v) is 9.45. The molecule has 86 valence electrons. The number of hydrogen-bond donors (Lipinski definition) is 1. The van der Waals surface area contributed by atoms with E-state index in [0.717, 1.165) is 11.3 Å². The highest BCUT2D eigenvalue weighted by atomic mass is 16.5. The number of hydrogen-bond acceptors (Lipinski definition) is 4. The van der Waals surface area contributed by atoms with Gasteiger partial charge in [0.15, 0.2) is 0 Å². The van der Waals surface area contributed by atoms with Crippen LogP contribution >= 0.6 is 0 Å². The van der Waals surface area contributed by atoms with Crippen molar-refractivity contribution in [1.82, 2.24) is 5.32 Å². The van der Waals surface area contributed by atoms with Crippen molar-refractivity contribution in [3.63, 3.8) is 0 Å². The smallest absolute Gasteiger partial charge is 0.338 e. The lowest BCUT2D eigenvalue weighted by atomic mass is 9.97. The van der Waals surface area contributed by atoms with Crippen LogP contribution < -0.4 is 10.1 Å². The standard InChI is InChI=1S/C12H15NO3/c1-13-7-8-6-10-9(12(14)16-8)4-3-5-11(10)15-2/h3-5,8,13H,6-7H2,1-2H3. The molecule has 0 saturated carbocycles. The first-order valence-corrected chi connectivity index (χ1v) is 5.27. The van der Waals surface area contributed by atoms with Gasteiger partial charge in [0.2, 0.25) is 0 Å². The fourth-order valence-electron chi connectivity index (χ4n) is 1.98. The Morgan fingerprint density at radius 2 is 2.38 bits per heavy atom. The van der Waals surface area contributed by atoms with E-state index in [9.17, 15) is 4.79 Å². The Kier molecular flexibility index (Phi) is 3.10. The number of rotatable bonds is 3. The van der Waals surface area contributed by atoms with Gasteiger partial charge in [-0.05, 0) is 19.2 Å². The molecule has 4 nitrogen and oxygen atoms in total. The van der Waals surface area contributed by atoms with Gasteiger partial charge in [0, 0.05) is 18.5 Å².